The predicted octanol–water partition coefficient (Wildman–Crippen LogP) is 6.74. The van der Waals surface area contributed by atoms with E-state index in [9.17, 15) is 20.4 Å². The van der Waals surface area contributed by atoms with Crippen LogP contribution in [-0.2, 0) is 5.41 Å². The number of nitrogen functional groups attached to an aromatic ring is 1. The molecule has 268 valence electrons. The van der Waals surface area contributed by atoms with Gasteiger partial charge in [0.25, 0.3) is 0 Å². The summed E-state index contributed by atoms with van der Waals surface area (Å²) in [5, 5.41) is 44.5. The molecule has 2 heterocycles. The van der Waals surface area contributed by atoms with Crippen LogP contribution in [-0.4, -0.2) is 50.3 Å². The van der Waals surface area contributed by atoms with Gasteiger partial charge in [0.15, 0.2) is 11.5 Å². The molecule has 6 rings (SSSR count). The second-order valence-electron chi connectivity index (χ2n) is 14.8. The van der Waals surface area contributed by atoms with Gasteiger partial charge >= 0.3 is 0 Å². The predicted molar refractivity (Wildman–Crippen MR) is 196 cm³/mol. The number of aliphatic hydroxyl groups excluding tert-OH is 3. The minimum absolute atomic E-state index is 0.0128. The quantitative estimate of drug-likeness (QED) is 0.117. The van der Waals surface area contributed by atoms with Crippen LogP contribution in [0.3, 0.4) is 0 Å². The molecule has 0 spiro atoms. The van der Waals surface area contributed by atoms with E-state index < -0.39 is 18.3 Å². The zero-order valence-electron chi connectivity index (χ0n) is 29.3. The van der Waals surface area contributed by atoms with Crippen LogP contribution in [0.1, 0.15) is 113 Å². The summed E-state index contributed by atoms with van der Waals surface area (Å²) in [5.74, 6) is 7.09. The lowest BCUT2D eigenvalue weighted by Gasteiger charge is -2.48. The van der Waals surface area contributed by atoms with E-state index in [1.54, 1.807) is 12.3 Å². The number of anilines is 1. The smallest absolute Gasteiger partial charge is 0.161 e. The van der Waals surface area contributed by atoms with E-state index in [1.807, 2.05) is 36.5 Å². The first-order chi connectivity index (χ1) is 24.3. The molecule has 2 aromatic heterocycles. The molecular formula is C42H54N3O5-. The number of aliphatic hydroxyl groups is 3. The number of benzene rings is 1. The first kappa shape index (κ1) is 36.0. The Hall–Kier alpha value is -3.77. The van der Waals surface area contributed by atoms with Gasteiger partial charge in [-0.3, -0.25) is 0 Å². The first-order valence-corrected chi connectivity index (χ1v) is 18.8. The van der Waals surface area contributed by atoms with Crippen molar-refractivity contribution < 1.29 is 25.2 Å². The SMILES string of the molecule is CC[C@@H]1C#C[C@@H]2C=C[C@@H](c3ccc(O)c(O[C@H](CO)C[C@H](c4ccnc(N)c4)C4(c5ccc[n-]5)CCCCC4)c3)C[C@@H](O)[C@H]2[C@@H](O)CCCC1. The van der Waals surface area contributed by atoms with Gasteiger partial charge in [0.2, 0.25) is 0 Å². The van der Waals surface area contributed by atoms with E-state index >= 15 is 0 Å². The highest BCUT2D eigenvalue weighted by atomic mass is 16.5. The van der Waals surface area contributed by atoms with Gasteiger partial charge in [0, 0.05) is 29.9 Å². The number of rotatable bonds is 10. The molecule has 1 aromatic carbocycles. The summed E-state index contributed by atoms with van der Waals surface area (Å²) in [7, 11) is 0. The molecule has 3 aromatic rings. The number of aromatic hydroxyl groups is 1. The fourth-order valence-electron chi connectivity index (χ4n) is 8.92. The Morgan fingerprint density at radius 1 is 1.00 bits per heavy atom. The van der Waals surface area contributed by atoms with Gasteiger partial charge in [0.1, 0.15) is 11.9 Å². The Bertz CT molecular complexity index is 1620. The summed E-state index contributed by atoms with van der Waals surface area (Å²) in [4.78, 5) is 9.06. The molecule has 0 amide bonds. The molecule has 3 aliphatic rings. The lowest BCUT2D eigenvalue weighted by Crippen LogP contribution is -2.40. The molecule has 8 heteroatoms. The number of phenolic OH excluding ortho intramolecular Hbond substituents is 1. The van der Waals surface area contributed by atoms with Crippen molar-refractivity contribution in [2.45, 2.75) is 120 Å². The van der Waals surface area contributed by atoms with Gasteiger partial charge in [-0.05, 0) is 91.7 Å². The zero-order valence-corrected chi connectivity index (χ0v) is 29.3. The van der Waals surface area contributed by atoms with Gasteiger partial charge in [-0.25, -0.2) is 4.98 Å². The Kier molecular flexibility index (Phi) is 11.9. The highest BCUT2D eigenvalue weighted by Gasteiger charge is 2.42. The normalized spacial score (nSPS) is 27.9. The number of fused-ring (bicyclic) bond motifs is 1. The van der Waals surface area contributed by atoms with E-state index in [2.05, 4.69) is 42.0 Å². The van der Waals surface area contributed by atoms with Crippen molar-refractivity contribution in [1.82, 2.24) is 9.97 Å². The average Bonchev–Trinajstić information content (AvgIpc) is 3.62. The van der Waals surface area contributed by atoms with E-state index in [-0.39, 0.29) is 47.2 Å². The second kappa shape index (κ2) is 16.5. The molecule has 50 heavy (non-hydrogen) atoms. The summed E-state index contributed by atoms with van der Waals surface area (Å²) in [6.45, 7) is 1.92. The minimum atomic E-state index is -0.753. The molecule has 1 fully saturated rings. The maximum absolute atomic E-state index is 11.5. The minimum Gasteiger partial charge on any atom is -0.667 e. The lowest BCUT2D eigenvalue weighted by molar-refractivity contribution is -0.00706. The Labute approximate surface area is 297 Å². The topological polar surface area (TPSA) is 143 Å². The third-order valence-corrected chi connectivity index (χ3v) is 11.7. The average molecular weight is 681 g/mol. The Balaban J connectivity index is 1.28. The number of nitrogens with two attached hydrogens (primary N) is 1. The molecule has 0 radical (unpaired) electrons. The summed E-state index contributed by atoms with van der Waals surface area (Å²) in [5.41, 5.74) is 8.92. The van der Waals surface area contributed by atoms with E-state index in [1.165, 1.54) is 6.42 Å². The number of aromatic nitrogens is 2. The molecule has 3 aliphatic carbocycles. The van der Waals surface area contributed by atoms with Crippen LogP contribution in [0.25, 0.3) is 0 Å². The molecular weight excluding hydrogens is 626 g/mol. The number of pyridine rings is 1. The van der Waals surface area contributed by atoms with Gasteiger partial charge < -0.3 is 35.9 Å². The summed E-state index contributed by atoms with van der Waals surface area (Å²) >= 11 is 0. The molecule has 0 saturated heterocycles. The van der Waals surface area contributed by atoms with Crippen molar-refractivity contribution >= 4 is 5.82 Å². The first-order valence-electron chi connectivity index (χ1n) is 18.8. The molecule has 8 nitrogen and oxygen atoms in total. The standard InChI is InChI=1S/C42H54N3O5/c1-2-28-9-4-5-10-36(48)41-29(13-12-28)14-15-30(23-37(41)49)31-16-17-35(47)38(24-31)50-33(27-46)26-34(32-18-22-45-40(43)25-32)42(19-6-3-7-20-42)39-11-8-21-44-39/h8,11,14-18,21-22,24-25,28-30,33-34,36-37,41,46-49H,2-7,9-10,19-20,23,26-27H2,1H3,(H2,43,45)/q-1/t28-,29+,30+,33-,34+,36-,37+,41+/m0/s1. The van der Waals surface area contributed by atoms with Crippen molar-refractivity contribution in [3.8, 4) is 23.3 Å². The molecule has 8 atom stereocenters. The van der Waals surface area contributed by atoms with Gasteiger partial charge in [0.05, 0.1) is 18.8 Å². The highest BCUT2D eigenvalue weighted by Crippen LogP contribution is 2.51. The van der Waals surface area contributed by atoms with Crippen LogP contribution in [0.15, 0.2) is 67.0 Å². The molecule has 0 aliphatic heterocycles. The third kappa shape index (κ3) is 8.07. The molecule has 6 N–H and O–H groups in total. The van der Waals surface area contributed by atoms with Crippen molar-refractivity contribution in [3.05, 3.63) is 83.8 Å². The second-order valence-corrected chi connectivity index (χ2v) is 14.8. The van der Waals surface area contributed by atoms with Crippen LogP contribution >= 0.6 is 0 Å². The number of hydrogen-bond donors (Lipinski definition) is 5. The molecule has 0 unspecified atom stereocenters. The number of allylic oxidation sites excluding steroid dienone is 2. The number of nitrogens with zero attached hydrogens (tertiary/aromatic N) is 2. The van der Waals surface area contributed by atoms with Crippen LogP contribution in [0.5, 0.6) is 11.5 Å². The van der Waals surface area contributed by atoms with Gasteiger partial charge in [-0.2, -0.15) is 11.9 Å². The Morgan fingerprint density at radius 2 is 1.82 bits per heavy atom. The van der Waals surface area contributed by atoms with Crippen molar-refractivity contribution in [3.63, 3.8) is 0 Å². The number of ether oxygens (including phenoxy) is 1. The molecule has 0 bridgehead atoms. The largest absolute Gasteiger partial charge is 0.667 e. The van der Waals surface area contributed by atoms with Crippen LogP contribution in [0.4, 0.5) is 5.82 Å². The monoisotopic (exact) mass is 680 g/mol. The van der Waals surface area contributed by atoms with Crippen molar-refractivity contribution in [1.29, 1.82) is 0 Å². The summed E-state index contributed by atoms with van der Waals surface area (Å²) in [6.07, 6.45) is 16.5. The fourth-order valence-corrected chi connectivity index (χ4v) is 8.92. The van der Waals surface area contributed by atoms with E-state index in [0.717, 1.165) is 68.2 Å². The summed E-state index contributed by atoms with van der Waals surface area (Å²) < 4.78 is 6.50. The third-order valence-electron chi connectivity index (χ3n) is 11.7. The van der Waals surface area contributed by atoms with E-state index in [0.29, 0.717) is 31.0 Å². The van der Waals surface area contributed by atoms with Crippen LogP contribution in [0.2, 0.25) is 0 Å². The summed E-state index contributed by atoms with van der Waals surface area (Å²) in [6, 6.07) is 13.3. The highest BCUT2D eigenvalue weighted by molar-refractivity contribution is 5.45. The number of phenols is 1. The lowest BCUT2D eigenvalue weighted by atomic mass is 9.60. The maximum Gasteiger partial charge on any atom is 0.161 e. The van der Waals surface area contributed by atoms with E-state index in [4.69, 9.17) is 15.5 Å². The maximum atomic E-state index is 11.5. The van der Waals surface area contributed by atoms with Crippen molar-refractivity contribution in [2.75, 3.05) is 12.3 Å². The van der Waals surface area contributed by atoms with Crippen LogP contribution in [0, 0.1) is 29.6 Å². The fraction of sp³-hybridized carbons (Fsp3) is 0.548. The Morgan fingerprint density at radius 3 is 2.56 bits per heavy atom. The molecule has 1 saturated carbocycles. The zero-order chi connectivity index (χ0) is 35.1. The van der Waals surface area contributed by atoms with Crippen molar-refractivity contribution in [2.24, 2.45) is 17.8 Å². The van der Waals surface area contributed by atoms with Gasteiger partial charge in [-0.1, -0.05) is 81.2 Å². The number of hydrogen-bond acceptors (Lipinski definition) is 7. The van der Waals surface area contributed by atoms with Gasteiger partial charge in [-0.15, -0.1) is 0 Å². The van der Waals surface area contributed by atoms with Crippen LogP contribution < -0.4 is 15.5 Å².